The second kappa shape index (κ2) is 20.2. The number of thiophene rings is 1. The van der Waals surface area contributed by atoms with Crippen LogP contribution in [0.2, 0.25) is 0 Å². The first-order valence-corrected chi connectivity index (χ1v) is 17.9. The zero-order valence-corrected chi connectivity index (χ0v) is 33.5. The van der Waals surface area contributed by atoms with Gasteiger partial charge in [-0.3, -0.25) is 24.9 Å². The minimum atomic E-state index is -4.52. The van der Waals surface area contributed by atoms with Crippen molar-refractivity contribution in [1.29, 1.82) is 0 Å². The number of isothiocyanates is 1. The first-order chi connectivity index (χ1) is 27.7. The van der Waals surface area contributed by atoms with E-state index in [9.17, 15) is 32.7 Å². The standard InChI is InChI=1S/C19H15F3N5S.C18H11N3O6.CNS.Ru/c1-2-3-4-14-16-17(24-8-7-23-16)18(28-14)11-5-6-12(25-10-11)13-9-15(27-26-13)19(20,21)22;22-16(23)9-1-3-19-12(5-9)14-7-11(18(26)27)8-15(21-14)13-6-10(17(24)25)2-4-20-13;2-1-3;/h5-10H,2-4H2,1H3;1-8H,(H,22,23)(H,24,25)(H,26,27);;/q-1;;-1;+2. The minimum absolute atomic E-state index is 0. The molecule has 0 unspecified atom stereocenters. The minimum Gasteiger partial charge on any atom is -0.753 e. The van der Waals surface area contributed by atoms with Crippen LogP contribution in [0.15, 0.2) is 85.6 Å². The van der Waals surface area contributed by atoms with Crippen molar-refractivity contribution in [1.82, 2.24) is 40.1 Å². The van der Waals surface area contributed by atoms with Gasteiger partial charge in [-0.1, -0.05) is 31.3 Å². The molecule has 7 aromatic rings. The SMILES string of the molecule is CCCCc1sc(-c2ccc(-c3cc(C(F)(F)F)n[n-]3)nc2)c2nccnc12.O=C(O)c1ccnc(-c2cc(C(=O)O)cc(-c3cc(C(=O)O)ccn3)n2)c1.[N-]=C=S.[Ru+2]. The van der Waals surface area contributed by atoms with Crippen molar-refractivity contribution in [3.05, 3.63) is 118 Å². The van der Waals surface area contributed by atoms with Gasteiger partial charge < -0.3 is 30.9 Å². The number of unbranched alkanes of at least 4 members (excludes halogenated alkanes) is 1. The van der Waals surface area contributed by atoms with E-state index in [-0.39, 0.29) is 64.6 Å². The number of carboxylic acids is 3. The van der Waals surface area contributed by atoms with Crippen LogP contribution in [0.5, 0.6) is 0 Å². The van der Waals surface area contributed by atoms with E-state index >= 15 is 0 Å². The molecule has 0 aromatic carbocycles. The van der Waals surface area contributed by atoms with Crippen molar-refractivity contribution in [3.63, 3.8) is 0 Å². The third kappa shape index (κ3) is 11.3. The molecule has 21 heteroatoms. The third-order valence-electron chi connectivity index (χ3n) is 7.89. The molecule has 0 spiro atoms. The molecule has 0 atom stereocenters. The Hall–Kier alpha value is -6.53. The molecule has 0 radical (unpaired) electrons. The van der Waals surface area contributed by atoms with E-state index in [1.807, 2.05) is 6.07 Å². The van der Waals surface area contributed by atoms with Gasteiger partial charge in [-0.05, 0) is 67.4 Å². The number of aromatic carboxylic acids is 3. The van der Waals surface area contributed by atoms with E-state index in [4.69, 9.17) is 15.6 Å². The number of rotatable bonds is 10. The summed E-state index contributed by atoms with van der Waals surface area (Å²) in [6.07, 6.45) is 6.09. The van der Waals surface area contributed by atoms with Crippen molar-refractivity contribution in [3.8, 4) is 44.6 Å². The fourth-order valence-corrected chi connectivity index (χ4v) is 6.42. The first-order valence-electron chi connectivity index (χ1n) is 16.7. The van der Waals surface area contributed by atoms with Crippen LogP contribution in [-0.2, 0) is 32.1 Å². The number of carbonyl (C=O) groups is 3. The van der Waals surface area contributed by atoms with E-state index in [0.29, 0.717) is 5.69 Å². The second-order valence-electron chi connectivity index (χ2n) is 11.7. The second-order valence-corrected chi connectivity index (χ2v) is 13.0. The summed E-state index contributed by atoms with van der Waals surface area (Å²) < 4.78 is 38.1. The van der Waals surface area contributed by atoms with Crippen LogP contribution in [0.3, 0.4) is 0 Å². The fraction of sp³-hybridized carbons (Fsp3) is 0.132. The zero-order chi connectivity index (χ0) is 42.0. The number of fused-ring (bicyclic) bond motifs is 1. The van der Waals surface area contributed by atoms with Gasteiger partial charge in [-0.25, -0.2) is 19.4 Å². The molecule has 3 N–H and O–H groups in total. The van der Waals surface area contributed by atoms with E-state index in [1.54, 1.807) is 36.0 Å². The summed E-state index contributed by atoms with van der Waals surface area (Å²) in [5.41, 5.74) is 2.35. The normalized spacial score (nSPS) is 10.6. The van der Waals surface area contributed by atoms with Crippen molar-refractivity contribution in [2.24, 2.45) is 0 Å². The van der Waals surface area contributed by atoms with Crippen LogP contribution >= 0.6 is 23.6 Å². The number of nitrogens with zero attached hydrogens (tertiary/aromatic N) is 9. The van der Waals surface area contributed by atoms with E-state index in [2.05, 4.69) is 59.2 Å². The van der Waals surface area contributed by atoms with Gasteiger partial charge in [0.1, 0.15) is 16.7 Å². The molecule has 7 rings (SSSR count). The zero-order valence-electron chi connectivity index (χ0n) is 30.1. The Balaban J connectivity index is 0.000000241. The van der Waals surface area contributed by atoms with Gasteiger partial charge in [0.05, 0.1) is 44.3 Å². The van der Waals surface area contributed by atoms with E-state index < -0.39 is 29.8 Å². The number of aryl methyl sites for hydroxylation is 1. The monoisotopic (exact) mass is 927 g/mol. The average Bonchev–Trinajstić information content (AvgIpc) is 3.87. The van der Waals surface area contributed by atoms with Crippen LogP contribution in [0.4, 0.5) is 13.2 Å². The average molecular weight is 927 g/mol. The van der Waals surface area contributed by atoms with Crippen molar-refractivity contribution < 1.29 is 62.4 Å². The number of hydrogen-bond donors (Lipinski definition) is 3. The molecule has 0 aliphatic heterocycles. The number of aromatic nitrogens is 8. The third-order valence-corrected chi connectivity index (χ3v) is 9.17. The van der Waals surface area contributed by atoms with Gasteiger partial charge in [0, 0.05) is 47.1 Å². The van der Waals surface area contributed by atoms with Crippen molar-refractivity contribution in [2.75, 3.05) is 0 Å². The number of hydrogen-bond acceptors (Lipinski definition) is 12. The predicted octanol–water partition coefficient (Wildman–Crippen LogP) is 8.09. The van der Waals surface area contributed by atoms with Crippen molar-refractivity contribution >= 4 is 57.7 Å². The molecule has 7 heterocycles. The molecule has 0 saturated heterocycles. The van der Waals surface area contributed by atoms with Gasteiger partial charge >= 0.3 is 43.6 Å². The van der Waals surface area contributed by atoms with Gasteiger partial charge in [-0.15, -0.1) is 11.3 Å². The molecule has 7 aromatic heterocycles. The number of carboxylic acid groups (broad SMARTS) is 3. The summed E-state index contributed by atoms with van der Waals surface area (Å²) in [5, 5.41) is 42.8. The van der Waals surface area contributed by atoms with Gasteiger partial charge in [0.15, 0.2) is 0 Å². The number of pyridine rings is 4. The Morgan fingerprint density at radius 3 is 1.78 bits per heavy atom. The number of alkyl halides is 3. The van der Waals surface area contributed by atoms with Crippen LogP contribution in [0.25, 0.3) is 61.0 Å². The number of halogens is 3. The summed E-state index contributed by atoms with van der Waals surface area (Å²) in [6, 6.07) is 12.0. The van der Waals surface area contributed by atoms with Crippen LogP contribution in [0, 0.1) is 0 Å². The molecule has 0 bridgehead atoms. The van der Waals surface area contributed by atoms with Gasteiger partial charge in [-0.2, -0.15) is 18.3 Å². The molecule has 300 valence electrons. The molecular weight excluding hydrogens is 901 g/mol. The molecule has 0 amide bonds. The Morgan fingerprint density at radius 1 is 0.763 bits per heavy atom. The molecule has 0 fully saturated rings. The van der Waals surface area contributed by atoms with Crippen molar-refractivity contribution in [2.45, 2.75) is 32.4 Å². The Kier molecular flexibility index (Phi) is 15.5. The molecule has 0 aliphatic rings. The molecule has 0 saturated carbocycles. The Bertz CT molecular complexity index is 2580. The summed E-state index contributed by atoms with van der Waals surface area (Å²) in [5.74, 6) is -3.56. The van der Waals surface area contributed by atoms with Gasteiger partial charge in [0.2, 0.25) is 0 Å². The van der Waals surface area contributed by atoms with Crippen LogP contribution < -0.4 is 5.10 Å². The maximum atomic E-state index is 12.7. The fourth-order valence-electron chi connectivity index (χ4n) is 5.19. The largest absolute Gasteiger partial charge is 2.00 e. The summed E-state index contributed by atoms with van der Waals surface area (Å²) >= 11 is 5.33. The smallest absolute Gasteiger partial charge is 0.753 e. The predicted molar refractivity (Wildman–Crippen MR) is 208 cm³/mol. The molecule has 0 aliphatic carbocycles. The summed E-state index contributed by atoms with van der Waals surface area (Å²) in [4.78, 5) is 61.5. The van der Waals surface area contributed by atoms with Crippen LogP contribution in [-0.4, -0.2) is 73.4 Å². The maximum absolute atomic E-state index is 12.7. The molecular formula is C38H26F3N9O6RuS2. The first kappa shape index (κ1) is 45.2. The number of thiocarbonyl (C=S) groups is 1. The van der Waals surface area contributed by atoms with E-state index in [1.165, 1.54) is 58.8 Å². The maximum Gasteiger partial charge on any atom is 2.00 e. The molecule has 59 heavy (non-hydrogen) atoms. The summed E-state index contributed by atoms with van der Waals surface area (Å²) in [6.45, 7) is 2.14. The Labute approximate surface area is 353 Å². The topological polar surface area (TPSA) is 239 Å². The quantitative estimate of drug-likeness (QED) is 0.0667. The van der Waals surface area contributed by atoms with Gasteiger partial charge in [0.25, 0.3) is 0 Å². The van der Waals surface area contributed by atoms with E-state index in [0.717, 1.165) is 46.8 Å². The van der Waals surface area contributed by atoms with Crippen LogP contribution in [0.1, 0.15) is 61.4 Å². The Morgan fingerprint density at radius 2 is 1.31 bits per heavy atom. The molecule has 15 nitrogen and oxygen atoms in total. The summed E-state index contributed by atoms with van der Waals surface area (Å²) in [7, 11) is 0.